The van der Waals surface area contributed by atoms with Crippen molar-refractivity contribution in [2.45, 2.75) is 0 Å². The summed E-state index contributed by atoms with van der Waals surface area (Å²) in [6.45, 7) is 0. The van der Waals surface area contributed by atoms with Gasteiger partial charge in [-0.15, -0.1) is 0 Å². The molecule has 0 unspecified atom stereocenters. The molecule has 1 heterocycles. The van der Waals surface area contributed by atoms with Crippen LogP contribution in [-0.4, -0.2) is 10.2 Å². The Morgan fingerprint density at radius 3 is 2.60 bits per heavy atom. The van der Waals surface area contributed by atoms with E-state index in [0.29, 0.717) is 0 Å². The Bertz CT molecular complexity index is 577. The standard InChI is InChI=1S/C13H10N2/c1-2-6-11-10(4-1)5-3-7-12(11)13-8-9-14-15-13/h1-9H,(H,14,15). The summed E-state index contributed by atoms with van der Waals surface area (Å²) in [6.07, 6.45) is 1.84. The third-order valence-electron chi connectivity index (χ3n) is 2.57. The molecule has 1 N–H and O–H groups in total. The molecular weight excluding hydrogens is 184 g/mol. The minimum atomic E-state index is 0.992. The fourth-order valence-corrected chi connectivity index (χ4v) is 1.86. The second kappa shape index (κ2) is 3.24. The molecule has 0 aliphatic rings. The molecule has 2 heteroatoms. The number of nitrogens with zero attached hydrogens (tertiary/aromatic N) is 1. The summed E-state index contributed by atoms with van der Waals surface area (Å²) in [7, 11) is 0. The van der Waals surface area contributed by atoms with E-state index in [0.717, 1.165) is 5.69 Å². The molecule has 3 aromatic rings. The fraction of sp³-hybridized carbons (Fsp3) is 0. The molecule has 0 saturated heterocycles. The number of H-pyrrole nitrogens is 1. The van der Waals surface area contributed by atoms with Crippen molar-refractivity contribution in [3.8, 4) is 11.3 Å². The number of rotatable bonds is 1. The molecular formula is C13H10N2. The number of hydrogen-bond donors (Lipinski definition) is 1. The SMILES string of the molecule is c1ccc2c(-c3cc[nH]n3)cccc2c1. The largest absolute Gasteiger partial charge is 0.285 e. The number of aromatic nitrogens is 2. The van der Waals surface area contributed by atoms with Gasteiger partial charge in [0.25, 0.3) is 0 Å². The van der Waals surface area contributed by atoms with Crippen LogP contribution in [0.15, 0.2) is 54.7 Å². The van der Waals surface area contributed by atoms with E-state index in [9.17, 15) is 0 Å². The monoisotopic (exact) mass is 194 g/mol. The van der Waals surface area contributed by atoms with Crippen molar-refractivity contribution in [3.63, 3.8) is 0 Å². The number of aromatic amines is 1. The smallest absolute Gasteiger partial charge is 0.0926 e. The molecule has 0 amide bonds. The van der Waals surface area contributed by atoms with E-state index in [-0.39, 0.29) is 0 Å². The molecule has 2 nitrogen and oxygen atoms in total. The van der Waals surface area contributed by atoms with Gasteiger partial charge < -0.3 is 0 Å². The Labute approximate surface area is 87.6 Å². The van der Waals surface area contributed by atoms with Gasteiger partial charge in [0.2, 0.25) is 0 Å². The minimum absolute atomic E-state index is 0.992. The van der Waals surface area contributed by atoms with Crippen molar-refractivity contribution >= 4 is 10.8 Å². The van der Waals surface area contributed by atoms with Gasteiger partial charge in [-0.25, -0.2) is 0 Å². The predicted molar refractivity (Wildman–Crippen MR) is 61.5 cm³/mol. The summed E-state index contributed by atoms with van der Waals surface area (Å²) in [5, 5.41) is 9.55. The Kier molecular flexibility index (Phi) is 1.78. The maximum atomic E-state index is 4.21. The lowest BCUT2D eigenvalue weighted by Gasteiger charge is -2.02. The van der Waals surface area contributed by atoms with Gasteiger partial charge in [0, 0.05) is 11.8 Å². The molecule has 2 aromatic carbocycles. The van der Waals surface area contributed by atoms with E-state index in [1.807, 2.05) is 12.3 Å². The van der Waals surface area contributed by atoms with Gasteiger partial charge >= 0.3 is 0 Å². The van der Waals surface area contributed by atoms with Gasteiger partial charge in [-0.1, -0.05) is 42.5 Å². The molecule has 3 rings (SSSR count). The zero-order valence-corrected chi connectivity index (χ0v) is 8.14. The van der Waals surface area contributed by atoms with E-state index >= 15 is 0 Å². The molecule has 0 saturated carbocycles. The highest BCUT2D eigenvalue weighted by atomic mass is 15.1. The first-order valence-corrected chi connectivity index (χ1v) is 4.93. The number of hydrogen-bond acceptors (Lipinski definition) is 1. The van der Waals surface area contributed by atoms with Gasteiger partial charge in [0.1, 0.15) is 0 Å². The fourth-order valence-electron chi connectivity index (χ4n) is 1.86. The third-order valence-corrected chi connectivity index (χ3v) is 2.57. The van der Waals surface area contributed by atoms with Crippen LogP contribution in [-0.2, 0) is 0 Å². The zero-order valence-electron chi connectivity index (χ0n) is 8.14. The predicted octanol–water partition coefficient (Wildman–Crippen LogP) is 3.23. The second-order valence-electron chi connectivity index (χ2n) is 3.49. The summed E-state index contributed by atoms with van der Waals surface area (Å²) in [4.78, 5) is 0. The molecule has 1 aromatic heterocycles. The summed E-state index contributed by atoms with van der Waals surface area (Å²) in [5.74, 6) is 0. The molecule has 72 valence electrons. The van der Waals surface area contributed by atoms with Gasteiger partial charge in [-0.2, -0.15) is 5.10 Å². The lowest BCUT2D eigenvalue weighted by atomic mass is 10.0. The molecule has 0 radical (unpaired) electrons. The first-order chi connectivity index (χ1) is 7.45. The van der Waals surface area contributed by atoms with Crippen molar-refractivity contribution in [3.05, 3.63) is 54.7 Å². The first-order valence-electron chi connectivity index (χ1n) is 4.93. The van der Waals surface area contributed by atoms with Crippen molar-refractivity contribution in [1.29, 1.82) is 0 Å². The number of fused-ring (bicyclic) bond motifs is 1. The lowest BCUT2D eigenvalue weighted by Crippen LogP contribution is -1.80. The van der Waals surface area contributed by atoms with Crippen LogP contribution >= 0.6 is 0 Å². The number of nitrogens with one attached hydrogen (secondary N) is 1. The summed E-state index contributed by atoms with van der Waals surface area (Å²) in [6, 6.07) is 16.6. The quantitative estimate of drug-likeness (QED) is 0.633. The maximum absolute atomic E-state index is 4.21. The Hall–Kier alpha value is -2.09. The lowest BCUT2D eigenvalue weighted by molar-refractivity contribution is 1.10. The van der Waals surface area contributed by atoms with Crippen LogP contribution in [0.25, 0.3) is 22.0 Å². The number of benzene rings is 2. The average molecular weight is 194 g/mol. The zero-order chi connectivity index (χ0) is 10.1. The molecule has 0 spiro atoms. The molecule has 0 bridgehead atoms. The Morgan fingerprint density at radius 2 is 1.73 bits per heavy atom. The van der Waals surface area contributed by atoms with Crippen LogP contribution in [0.5, 0.6) is 0 Å². The second-order valence-corrected chi connectivity index (χ2v) is 3.49. The molecule has 15 heavy (non-hydrogen) atoms. The van der Waals surface area contributed by atoms with Crippen molar-refractivity contribution < 1.29 is 0 Å². The highest BCUT2D eigenvalue weighted by molar-refractivity contribution is 5.95. The van der Waals surface area contributed by atoms with E-state index < -0.39 is 0 Å². The van der Waals surface area contributed by atoms with E-state index in [4.69, 9.17) is 0 Å². The molecule has 0 atom stereocenters. The van der Waals surface area contributed by atoms with Crippen molar-refractivity contribution in [2.75, 3.05) is 0 Å². The van der Waals surface area contributed by atoms with Crippen molar-refractivity contribution in [2.24, 2.45) is 0 Å². The van der Waals surface area contributed by atoms with Crippen molar-refractivity contribution in [1.82, 2.24) is 10.2 Å². The van der Waals surface area contributed by atoms with E-state index in [1.165, 1.54) is 16.3 Å². The third kappa shape index (κ3) is 1.31. The minimum Gasteiger partial charge on any atom is -0.285 e. The van der Waals surface area contributed by atoms with Gasteiger partial charge in [0.05, 0.1) is 5.69 Å². The van der Waals surface area contributed by atoms with Crippen LogP contribution in [0, 0.1) is 0 Å². The Morgan fingerprint density at radius 1 is 0.867 bits per heavy atom. The van der Waals surface area contributed by atoms with Crippen LogP contribution in [0.4, 0.5) is 0 Å². The summed E-state index contributed by atoms with van der Waals surface area (Å²) < 4.78 is 0. The van der Waals surface area contributed by atoms with Crippen LogP contribution in [0.2, 0.25) is 0 Å². The first kappa shape index (κ1) is 8.24. The topological polar surface area (TPSA) is 28.7 Å². The van der Waals surface area contributed by atoms with Gasteiger partial charge in [-0.05, 0) is 16.8 Å². The highest BCUT2D eigenvalue weighted by Crippen LogP contribution is 2.26. The van der Waals surface area contributed by atoms with E-state index in [1.54, 1.807) is 0 Å². The summed E-state index contributed by atoms with van der Waals surface area (Å²) in [5.41, 5.74) is 2.17. The average Bonchev–Trinajstić information content (AvgIpc) is 2.82. The van der Waals surface area contributed by atoms with Crippen LogP contribution in [0.3, 0.4) is 0 Å². The molecule has 0 aliphatic heterocycles. The highest BCUT2D eigenvalue weighted by Gasteiger charge is 2.03. The van der Waals surface area contributed by atoms with Crippen LogP contribution in [0.1, 0.15) is 0 Å². The van der Waals surface area contributed by atoms with Crippen LogP contribution < -0.4 is 0 Å². The molecule has 0 fully saturated rings. The normalized spacial score (nSPS) is 10.7. The Balaban J connectivity index is 2.36. The molecule has 0 aliphatic carbocycles. The van der Waals surface area contributed by atoms with E-state index in [2.05, 4.69) is 52.7 Å². The van der Waals surface area contributed by atoms with Gasteiger partial charge in [-0.3, -0.25) is 5.10 Å². The van der Waals surface area contributed by atoms with Gasteiger partial charge in [0.15, 0.2) is 0 Å². The summed E-state index contributed by atoms with van der Waals surface area (Å²) >= 11 is 0. The maximum Gasteiger partial charge on any atom is 0.0926 e.